The molecule has 1 aliphatic heterocycles. The summed E-state index contributed by atoms with van der Waals surface area (Å²) in [6.07, 6.45) is 8.97. The zero-order valence-electron chi connectivity index (χ0n) is 16.9. The van der Waals surface area contributed by atoms with Crippen LogP contribution in [0.15, 0.2) is 54.9 Å². The van der Waals surface area contributed by atoms with Crippen LogP contribution in [-0.4, -0.2) is 44.1 Å². The number of pyridine rings is 1. The van der Waals surface area contributed by atoms with Gasteiger partial charge >= 0.3 is 0 Å². The van der Waals surface area contributed by atoms with E-state index in [0.29, 0.717) is 11.7 Å². The molecular weight excluding hydrogens is 374 g/mol. The summed E-state index contributed by atoms with van der Waals surface area (Å²) in [6.45, 7) is 1.58. The number of nitrogens with one attached hydrogen (secondary N) is 1. The van der Waals surface area contributed by atoms with Gasteiger partial charge in [-0.3, -0.25) is 14.9 Å². The normalized spacial score (nSPS) is 23.3. The fraction of sp³-hybridized carbons (Fsp3) is 0.417. The molecule has 2 aliphatic carbocycles. The van der Waals surface area contributed by atoms with E-state index >= 15 is 0 Å². The van der Waals surface area contributed by atoms with Gasteiger partial charge in [-0.05, 0) is 48.8 Å². The average Bonchev–Trinajstić information content (AvgIpc) is 3.25. The van der Waals surface area contributed by atoms with Crippen molar-refractivity contribution in [3.8, 4) is 11.4 Å². The Labute approximate surface area is 175 Å². The van der Waals surface area contributed by atoms with Crippen LogP contribution < -0.4 is 0 Å². The molecule has 6 rings (SSSR count). The van der Waals surface area contributed by atoms with E-state index in [0.717, 1.165) is 50.2 Å². The Balaban J connectivity index is 1.28. The van der Waals surface area contributed by atoms with Crippen LogP contribution in [0.1, 0.15) is 49.4 Å². The smallest absolute Gasteiger partial charge is 0.233 e. The predicted octanol–water partition coefficient (Wildman–Crippen LogP) is 3.69. The fourth-order valence-corrected chi connectivity index (χ4v) is 5.51. The lowest BCUT2D eigenvalue weighted by molar-refractivity contribution is -0.133. The lowest BCUT2D eigenvalue weighted by atomic mass is 9.62. The first-order chi connectivity index (χ1) is 14.7. The molecule has 2 aromatic heterocycles. The topological polar surface area (TPSA) is 74.8 Å². The van der Waals surface area contributed by atoms with Crippen LogP contribution in [0.4, 0.5) is 0 Å². The van der Waals surface area contributed by atoms with Crippen molar-refractivity contribution in [1.82, 2.24) is 25.1 Å². The Morgan fingerprint density at radius 2 is 1.80 bits per heavy atom. The van der Waals surface area contributed by atoms with Gasteiger partial charge < -0.3 is 4.90 Å². The highest BCUT2D eigenvalue weighted by Crippen LogP contribution is 2.57. The first-order valence-corrected chi connectivity index (χ1v) is 10.9. The molecule has 2 saturated carbocycles. The van der Waals surface area contributed by atoms with Crippen LogP contribution in [0, 0.1) is 5.41 Å². The SMILES string of the molecule is O=C(N1CC(c2nc(-c3ccncc3)n[nH]2)C2(CCC2)C1)C1(c2ccccc2)CC1. The van der Waals surface area contributed by atoms with Crippen molar-refractivity contribution in [3.05, 3.63) is 66.2 Å². The van der Waals surface area contributed by atoms with E-state index in [1.165, 1.54) is 12.0 Å². The van der Waals surface area contributed by atoms with E-state index in [4.69, 9.17) is 4.98 Å². The zero-order valence-corrected chi connectivity index (χ0v) is 16.9. The highest BCUT2D eigenvalue weighted by atomic mass is 16.2. The number of aromatic nitrogens is 4. The molecule has 1 amide bonds. The number of rotatable bonds is 4. The Hall–Kier alpha value is -3.02. The third-order valence-corrected chi connectivity index (χ3v) is 7.54. The quantitative estimate of drug-likeness (QED) is 0.726. The minimum atomic E-state index is -0.301. The second-order valence-electron chi connectivity index (χ2n) is 9.18. The Bertz CT molecular complexity index is 1070. The first kappa shape index (κ1) is 17.8. The molecule has 3 aromatic rings. The van der Waals surface area contributed by atoms with Crippen LogP contribution >= 0.6 is 0 Å². The van der Waals surface area contributed by atoms with Gasteiger partial charge in [-0.25, -0.2) is 4.98 Å². The number of carbonyl (C=O) groups excluding carboxylic acids is 1. The summed E-state index contributed by atoms with van der Waals surface area (Å²) < 4.78 is 0. The third-order valence-electron chi connectivity index (χ3n) is 7.54. The van der Waals surface area contributed by atoms with Gasteiger partial charge in [-0.2, -0.15) is 5.10 Å². The van der Waals surface area contributed by atoms with Crippen LogP contribution in [0.2, 0.25) is 0 Å². The van der Waals surface area contributed by atoms with Gasteiger partial charge in [0.05, 0.1) is 5.41 Å². The molecule has 6 nitrogen and oxygen atoms in total. The minimum Gasteiger partial charge on any atom is -0.341 e. The van der Waals surface area contributed by atoms with E-state index in [9.17, 15) is 4.79 Å². The number of carbonyl (C=O) groups is 1. The van der Waals surface area contributed by atoms with E-state index < -0.39 is 0 Å². The van der Waals surface area contributed by atoms with Gasteiger partial charge in [0, 0.05) is 37.0 Å². The van der Waals surface area contributed by atoms with E-state index in [-0.39, 0.29) is 16.7 Å². The van der Waals surface area contributed by atoms with Gasteiger partial charge in [0.25, 0.3) is 0 Å². The molecular formula is C24H25N5O. The van der Waals surface area contributed by atoms with E-state index in [1.807, 2.05) is 30.3 Å². The van der Waals surface area contributed by atoms with Crippen molar-refractivity contribution in [1.29, 1.82) is 0 Å². The molecule has 3 aliphatic rings. The molecule has 1 N–H and O–H groups in total. The number of H-pyrrole nitrogens is 1. The molecule has 0 radical (unpaired) electrons. The van der Waals surface area contributed by atoms with Crippen molar-refractivity contribution in [2.75, 3.05) is 13.1 Å². The standard InChI is InChI=1S/C24H25N5O/c30-22(24(11-12-24)18-5-2-1-3-6-18)29-15-19(23(16-29)9-4-10-23)21-26-20(27-28-21)17-7-13-25-14-8-17/h1-3,5-8,13-14,19H,4,9-12,15-16H2,(H,26,27,28). The third kappa shape index (κ3) is 2.62. The number of hydrogen-bond acceptors (Lipinski definition) is 4. The number of hydrogen-bond donors (Lipinski definition) is 1. The minimum absolute atomic E-state index is 0.150. The van der Waals surface area contributed by atoms with E-state index in [1.54, 1.807) is 12.4 Å². The maximum Gasteiger partial charge on any atom is 0.233 e. The maximum absolute atomic E-state index is 13.6. The molecule has 1 aromatic carbocycles. The summed E-state index contributed by atoms with van der Waals surface area (Å²) in [6, 6.07) is 14.2. The van der Waals surface area contributed by atoms with Crippen LogP contribution in [0.3, 0.4) is 0 Å². The summed E-state index contributed by atoms with van der Waals surface area (Å²) >= 11 is 0. The number of amides is 1. The number of benzene rings is 1. The molecule has 1 saturated heterocycles. The number of aromatic amines is 1. The molecule has 1 unspecified atom stereocenters. The van der Waals surface area contributed by atoms with Crippen molar-refractivity contribution in [3.63, 3.8) is 0 Å². The molecule has 3 fully saturated rings. The second kappa shape index (κ2) is 6.49. The highest BCUT2D eigenvalue weighted by molar-refractivity contribution is 5.91. The first-order valence-electron chi connectivity index (χ1n) is 10.9. The van der Waals surface area contributed by atoms with Crippen molar-refractivity contribution in [2.24, 2.45) is 5.41 Å². The zero-order chi connectivity index (χ0) is 20.2. The van der Waals surface area contributed by atoms with Crippen LogP contribution in [0.5, 0.6) is 0 Å². The molecule has 1 atom stereocenters. The highest BCUT2D eigenvalue weighted by Gasteiger charge is 2.59. The Morgan fingerprint density at radius 1 is 1.03 bits per heavy atom. The Morgan fingerprint density at radius 3 is 2.47 bits per heavy atom. The van der Waals surface area contributed by atoms with Gasteiger partial charge in [0.2, 0.25) is 5.91 Å². The molecule has 152 valence electrons. The van der Waals surface area contributed by atoms with Gasteiger partial charge in [-0.1, -0.05) is 36.8 Å². The molecule has 6 heteroatoms. The fourth-order valence-electron chi connectivity index (χ4n) is 5.51. The van der Waals surface area contributed by atoms with Crippen molar-refractivity contribution < 1.29 is 4.79 Å². The number of nitrogens with zero attached hydrogens (tertiary/aromatic N) is 4. The van der Waals surface area contributed by atoms with Gasteiger partial charge in [0.15, 0.2) is 5.82 Å². The largest absolute Gasteiger partial charge is 0.341 e. The summed E-state index contributed by atoms with van der Waals surface area (Å²) in [5.41, 5.74) is 1.98. The molecule has 30 heavy (non-hydrogen) atoms. The van der Waals surface area contributed by atoms with Gasteiger partial charge in [-0.15, -0.1) is 0 Å². The lowest BCUT2D eigenvalue weighted by Gasteiger charge is -2.42. The lowest BCUT2D eigenvalue weighted by Crippen LogP contribution is -2.41. The van der Waals surface area contributed by atoms with Crippen molar-refractivity contribution in [2.45, 2.75) is 43.4 Å². The summed E-state index contributed by atoms with van der Waals surface area (Å²) in [4.78, 5) is 24.7. The molecule has 3 heterocycles. The van der Waals surface area contributed by atoms with Crippen molar-refractivity contribution >= 4 is 5.91 Å². The summed E-state index contributed by atoms with van der Waals surface area (Å²) in [5.74, 6) is 2.15. The Kier molecular flexibility index (Phi) is 3.85. The average molecular weight is 399 g/mol. The summed E-state index contributed by atoms with van der Waals surface area (Å²) in [7, 11) is 0. The van der Waals surface area contributed by atoms with E-state index in [2.05, 4.69) is 32.2 Å². The summed E-state index contributed by atoms with van der Waals surface area (Å²) in [5, 5.41) is 7.66. The number of likely N-dealkylation sites (tertiary alicyclic amines) is 1. The van der Waals surface area contributed by atoms with Gasteiger partial charge in [0.1, 0.15) is 5.82 Å². The maximum atomic E-state index is 13.6. The second-order valence-corrected chi connectivity index (χ2v) is 9.18. The molecule has 0 bridgehead atoms. The van der Waals surface area contributed by atoms with Crippen LogP contribution in [-0.2, 0) is 10.2 Å². The predicted molar refractivity (Wildman–Crippen MR) is 113 cm³/mol. The van der Waals surface area contributed by atoms with Crippen LogP contribution in [0.25, 0.3) is 11.4 Å². The monoisotopic (exact) mass is 399 g/mol. The molecule has 1 spiro atoms.